The van der Waals surface area contributed by atoms with Crippen molar-refractivity contribution >= 4 is 5.97 Å². The number of benzene rings is 2. The van der Waals surface area contributed by atoms with Crippen LogP contribution in [0, 0.1) is 13.8 Å². The summed E-state index contributed by atoms with van der Waals surface area (Å²) in [7, 11) is 0. The van der Waals surface area contributed by atoms with E-state index in [0.717, 1.165) is 5.56 Å². The number of esters is 1. The summed E-state index contributed by atoms with van der Waals surface area (Å²) in [5.41, 5.74) is 3.59. The molecular formula is C22H18N2O4. The summed E-state index contributed by atoms with van der Waals surface area (Å²) < 4.78 is 16.3. The van der Waals surface area contributed by atoms with Crippen LogP contribution < -0.4 is 0 Å². The maximum absolute atomic E-state index is 12.6. The lowest BCUT2D eigenvalue weighted by Crippen LogP contribution is -2.07. The Kier molecular flexibility index (Phi) is 4.76. The molecule has 140 valence electrons. The van der Waals surface area contributed by atoms with Crippen molar-refractivity contribution in [3.63, 3.8) is 0 Å². The number of rotatable bonds is 5. The van der Waals surface area contributed by atoms with E-state index in [1.807, 2.05) is 37.3 Å². The smallest absolute Gasteiger partial charge is 0.339 e. The Labute approximate surface area is 161 Å². The van der Waals surface area contributed by atoms with Gasteiger partial charge < -0.3 is 13.7 Å². The number of oxazole rings is 1. The quantitative estimate of drug-likeness (QED) is 0.459. The monoisotopic (exact) mass is 374 g/mol. The zero-order valence-electron chi connectivity index (χ0n) is 15.5. The van der Waals surface area contributed by atoms with Gasteiger partial charge in [0.05, 0.1) is 17.3 Å². The highest BCUT2D eigenvalue weighted by Crippen LogP contribution is 2.28. The van der Waals surface area contributed by atoms with Crippen LogP contribution in [0.15, 0.2) is 69.7 Å². The first-order valence-electron chi connectivity index (χ1n) is 8.82. The van der Waals surface area contributed by atoms with Crippen molar-refractivity contribution in [3.8, 4) is 22.8 Å². The third kappa shape index (κ3) is 3.71. The zero-order valence-corrected chi connectivity index (χ0v) is 15.5. The molecule has 0 aliphatic rings. The Morgan fingerprint density at radius 3 is 2.61 bits per heavy atom. The van der Waals surface area contributed by atoms with Gasteiger partial charge in [-0.05, 0) is 26.0 Å². The molecule has 28 heavy (non-hydrogen) atoms. The molecule has 0 aliphatic carbocycles. The molecular weight excluding hydrogens is 356 g/mol. The Morgan fingerprint density at radius 1 is 1.07 bits per heavy atom. The summed E-state index contributed by atoms with van der Waals surface area (Å²) in [4.78, 5) is 16.9. The molecule has 0 aliphatic heterocycles. The number of hydrogen-bond acceptors (Lipinski definition) is 6. The molecule has 0 spiro atoms. The summed E-state index contributed by atoms with van der Waals surface area (Å²) in [6.45, 7) is 3.84. The number of aromatic nitrogens is 2. The molecule has 0 fully saturated rings. The first kappa shape index (κ1) is 17.7. The van der Waals surface area contributed by atoms with Gasteiger partial charge in [0.25, 0.3) is 0 Å². The van der Waals surface area contributed by atoms with Crippen molar-refractivity contribution in [1.29, 1.82) is 0 Å². The highest BCUT2D eigenvalue weighted by molar-refractivity contribution is 5.96. The van der Waals surface area contributed by atoms with Gasteiger partial charge in [-0.3, -0.25) is 0 Å². The SMILES string of the molecule is Cc1ccc(-c2cnc(-c3ccccc3C(=O)OCc3cc(C)on3)o2)cc1. The Morgan fingerprint density at radius 2 is 1.86 bits per heavy atom. The molecule has 4 rings (SSSR count). The van der Waals surface area contributed by atoms with Crippen LogP contribution in [-0.2, 0) is 11.3 Å². The van der Waals surface area contributed by atoms with Crippen molar-refractivity contribution in [2.24, 2.45) is 0 Å². The largest absolute Gasteiger partial charge is 0.455 e. The number of nitrogens with zero attached hydrogens (tertiary/aromatic N) is 2. The van der Waals surface area contributed by atoms with Gasteiger partial charge >= 0.3 is 5.97 Å². The fourth-order valence-corrected chi connectivity index (χ4v) is 2.80. The summed E-state index contributed by atoms with van der Waals surface area (Å²) >= 11 is 0. The van der Waals surface area contributed by atoms with Crippen LogP contribution in [0.1, 0.15) is 27.4 Å². The average Bonchev–Trinajstić information content (AvgIpc) is 3.36. The fraction of sp³-hybridized carbons (Fsp3) is 0.136. The number of carbonyl (C=O) groups is 1. The van der Waals surface area contributed by atoms with Crippen LogP contribution in [0.3, 0.4) is 0 Å². The van der Waals surface area contributed by atoms with E-state index < -0.39 is 5.97 Å². The maximum Gasteiger partial charge on any atom is 0.339 e. The van der Waals surface area contributed by atoms with Crippen LogP contribution in [0.25, 0.3) is 22.8 Å². The first-order valence-corrected chi connectivity index (χ1v) is 8.82. The Bertz CT molecular complexity index is 1110. The van der Waals surface area contributed by atoms with Crippen LogP contribution >= 0.6 is 0 Å². The van der Waals surface area contributed by atoms with Gasteiger partial charge in [0.15, 0.2) is 5.76 Å². The number of aryl methyl sites for hydroxylation is 2. The normalized spacial score (nSPS) is 10.8. The summed E-state index contributed by atoms with van der Waals surface area (Å²) in [6.07, 6.45) is 1.65. The lowest BCUT2D eigenvalue weighted by Gasteiger charge is -2.06. The van der Waals surface area contributed by atoms with E-state index in [2.05, 4.69) is 10.1 Å². The highest BCUT2D eigenvalue weighted by atomic mass is 16.5. The molecule has 2 heterocycles. The average molecular weight is 374 g/mol. The van der Waals surface area contributed by atoms with Crippen molar-refractivity contribution in [3.05, 3.63) is 83.4 Å². The first-order chi connectivity index (χ1) is 13.6. The molecule has 2 aromatic heterocycles. The molecule has 0 bridgehead atoms. The molecule has 2 aromatic carbocycles. The molecule has 0 saturated heterocycles. The Hall–Kier alpha value is -3.67. The van der Waals surface area contributed by atoms with Gasteiger partial charge in [-0.1, -0.05) is 47.1 Å². The molecule has 0 radical (unpaired) electrons. The third-order valence-electron chi connectivity index (χ3n) is 4.25. The van der Waals surface area contributed by atoms with Gasteiger partial charge in [-0.2, -0.15) is 0 Å². The van der Waals surface area contributed by atoms with Crippen LogP contribution in [0.5, 0.6) is 0 Å². The van der Waals surface area contributed by atoms with Crippen LogP contribution in [0.2, 0.25) is 0 Å². The molecule has 0 atom stereocenters. The lowest BCUT2D eigenvalue weighted by molar-refractivity contribution is 0.0465. The predicted octanol–water partition coefficient (Wildman–Crippen LogP) is 4.97. The number of ether oxygens (including phenoxy) is 1. The topological polar surface area (TPSA) is 78.4 Å². The summed E-state index contributed by atoms with van der Waals surface area (Å²) in [6, 6.07) is 16.7. The van der Waals surface area contributed by atoms with Crippen molar-refractivity contribution in [1.82, 2.24) is 10.1 Å². The molecule has 0 N–H and O–H groups in total. The second-order valence-corrected chi connectivity index (χ2v) is 6.45. The third-order valence-corrected chi connectivity index (χ3v) is 4.25. The van der Waals surface area contributed by atoms with Gasteiger partial charge in [0.1, 0.15) is 18.1 Å². The van der Waals surface area contributed by atoms with Crippen LogP contribution in [-0.4, -0.2) is 16.1 Å². The van der Waals surface area contributed by atoms with Crippen molar-refractivity contribution in [2.45, 2.75) is 20.5 Å². The van der Waals surface area contributed by atoms with E-state index in [9.17, 15) is 4.79 Å². The van der Waals surface area contributed by atoms with E-state index in [0.29, 0.717) is 34.2 Å². The van der Waals surface area contributed by atoms with Crippen molar-refractivity contribution in [2.75, 3.05) is 0 Å². The van der Waals surface area contributed by atoms with Crippen LogP contribution in [0.4, 0.5) is 0 Å². The molecule has 0 amide bonds. The minimum atomic E-state index is -0.480. The highest BCUT2D eigenvalue weighted by Gasteiger charge is 2.18. The predicted molar refractivity (Wildman–Crippen MR) is 102 cm³/mol. The zero-order chi connectivity index (χ0) is 19.5. The standard InChI is InChI=1S/C22H18N2O4/c1-14-7-9-16(10-8-14)20-12-23-21(27-20)18-5-3-4-6-19(18)22(25)26-13-17-11-15(2)28-24-17/h3-12H,13H2,1-2H3. The molecule has 6 heteroatoms. The molecule has 6 nitrogen and oxygen atoms in total. The molecule has 0 unspecified atom stereocenters. The lowest BCUT2D eigenvalue weighted by atomic mass is 10.1. The van der Waals surface area contributed by atoms with Gasteiger partial charge in [0, 0.05) is 11.6 Å². The number of carbonyl (C=O) groups excluding carboxylic acids is 1. The van der Waals surface area contributed by atoms with Gasteiger partial charge in [-0.15, -0.1) is 0 Å². The maximum atomic E-state index is 12.6. The molecule has 4 aromatic rings. The van der Waals surface area contributed by atoms with Gasteiger partial charge in [-0.25, -0.2) is 9.78 Å². The fourth-order valence-electron chi connectivity index (χ4n) is 2.80. The second-order valence-electron chi connectivity index (χ2n) is 6.45. The van der Waals surface area contributed by atoms with Gasteiger partial charge in [0.2, 0.25) is 5.89 Å². The second kappa shape index (κ2) is 7.52. The molecule has 0 saturated carbocycles. The number of hydrogen-bond donors (Lipinski definition) is 0. The van der Waals surface area contributed by atoms with E-state index in [1.54, 1.807) is 37.4 Å². The van der Waals surface area contributed by atoms with Crippen molar-refractivity contribution < 1.29 is 18.5 Å². The van der Waals surface area contributed by atoms with E-state index >= 15 is 0 Å². The van der Waals surface area contributed by atoms with E-state index in [4.69, 9.17) is 13.7 Å². The minimum absolute atomic E-state index is 0.0324. The summed E-state index contributed by atoms with van der Waals surface area (Å²) in [5, 5.41) is 3.82. The summed E-state index contributed by atoms with van der Waals surface area (Å²) in [5.74, 6) is 1.18. The Balaban J connectivity index is 1.57. The van der Waals surface area contributed by atoms with E-state index in [-0.39, 0.29) is 6.61 Å². The minimum Gasteiger partial charge on any atom is -0.455 e. The van der Waals surface area contributed by atoms with E-state index in [1.165, 1.54) is 5.56 Å².